The molecule has 1 unspecified atom stereocenters. The zero-order valence-electron chi connectivity index (χ0n) is 20.3. The summed E-state index contributed by atoms with van der Waals surface area (Å²) in [5.74, 6) is -1.82. The zero-order chi connectivity index (χ0) is 23.3. The summed E-state index contributed by atoms with van der Waals surface area (Å²) in [7, 11) is 0. The van der Waals surface area contributed by atoms with Crippen LogP contribution >= 0.6 is 0 Å². The minimum absolute atomic E-state index is 0.166. The molecule has 0 bridgehead atoms. The van der Waals surface area contributed by atoms with Crippen molar-refractivity contribution < 1.29 is 24.2 Å². The molecular weight excluding hydrogens is 394 g/mol. The topological polar surface area (TPSA) is 81.7 Å². The van der Waals surface area contributed by atoms with Crippen LogP contribution in [0.1, 0.15) is 118 Å². The molecule has 0 aromatic rings. The Morgan fingerprint density at radius 1 is 0.774 bits per heavy atom. The van der Waals surface area contributed by atoms with Crippen molar-refractivity contribution >= 4 is 17.8 Å². The van der Waals surface area contributed by atoms with Crippen LogP contribution < -0.4 is 5.32 Å². The number of amides is 1. The fourth-order valence-corrected chi connectivity index (χ4v) is 3.24. The van der Waals surface area contributed by atoms with E-state index in [4.69, 9.17) is 0 Å². The SMILES string of the molecule is CCCCCCCC/C=C\CCCCCCCC(=O)OOC(=O)C(NC(C)=O)C(C)C. The van der Waals surface area contributed by atoms with Gasteiger partial charge in [-0.05, 0) is 38.0 Å². The standard InChI is InChI=1S/C25H45NO5/c1-5-6-7-8-9-10-11-12-13-14-15-16-17-18-19-20-23(28)30-31-25(29)24(21(2)3)26-22(4)27/h12-13,21,24H,5-11,14-20H2,1-4H3,(H,26,27)/b13-12-. The van der Waals surface area contributed by atoms with E-state index in [1.54, 1.807) is 13.8 Å². The first-order valence-electron chi connectivity index (χ1n) is 12.2. The molecule has 0 aromatic heterocycles. The van der Waals surface area contributed by atoms with Crippen molar-refractivity contribution in [1.29, 1.82) is 0 Å². The van der Waals surface area contributed by atoms with Crippen molar-refractivity contribution in [3.05, 3.63) is 12.2 Å². The van der Waals surface area contributed by atoms with E-state index in [1.165, 1.54) is 58.3 Å². The molecule has 0 aliphatic rings. The van der Waals surface area contributed by atoms with Gasteiger partial charge in [-0.25, -0.2) is 19.4 Å². The Kier molecular flexibility index (Phi) is 18.9. The number of hydrogen-bond acceptors (Lipinski definition) is 5. The molecule has 0 aliphatic carbocycles. The van der Waals surface area contributed by atoms with Gasteiger partial charge in [0.15, 0.2) is 0 Å². The average Bonchev–Trinajstić information content (AvgIpc) is 2.72. The van der Waals surface area contributed by atoms with Gasteiger partial charge in [-0.3, -0.25) is 4.79 Å². The maximum atomic E-state index is 11.9. The van der Waals surface area contributed by atoms with Crippen molar-refractivity contribution in [2.24, 2.45) is 5.92 Å². The molecule has 0 rings (SSSR count). The molecule has 0 radical (unpaired) electrons. The Hall–Kier alpha value is -1.85. The summed E-state index contributed by atoms with van der Waals surface area (Å²) in [5.41, 5.74) is 0. The van der Waals surface area contributed by atoms with Crippen LogP contribution in [0.25, 0.3) is 0 Å². The first-order chi connectivity index (χ1) is 14.9. The van der Waals surface area contributed by atoms with Crippen LogP contribution in [0, 0.1) is 5.92 Å². The van der Waals surface area contributed by atoms with Gasteiger partial charge in [-0.2, -0.15) is 0 Å². The van der Waals surface area contributed by atoms with Crippen LogP contribution in [0.4, 0.5) is 0 Å². The molecule has 0 spiro atoms. The maximum Gasteiger partial charge on any atom is 0.377 e. The molecule has 180 valence electrons. The minimum atomic E-state index is -0.829. The molecule has 6 nitrogen and oxygen atoms in total. The molecule has 0 saturated carbocycles. The summed E-state index contributed by atoms with van der Waals surface area (Å²) in [6.45, 7) is 7.11. The highest BCUT2D eigenvalue weighted by atomic mass is 17.2. The highest BCUT2D eigenvalue weighted by molar-refractivity contribution is 5.83. The predicted octanol–water partition coefficient (Wildman–Crippen LogP) is 6.19. The fourth-order valence-electron chi connectivity index (χ4n) is 3.24. The number of unbranched alkanes of at least 4 members (excludes halogenated alkanes) is 11. The van der Waals surface area contributed by atoms with Crippen molar-refractivity contribution in [3.63, 3.8) is 0 Å². The maximum absolute atomic E-state index is 11.9. The van der Waals surface area contributed by atoms with Gasteiger partial charge < -0.3 is 5.32 Å². The molecule has 0 heterocycles. The minimum Gasteiger partial charge on any atom is -0.343 e. The van der Waals surface area contributed by atoms with Crippen LogP contribution in [0.3, 0.4) is 0 Å². The predicted molar refractivity (Wildman–Crippen MR) is 124 cm³/mol. The molecule has 6 heteroatoms. The number of hydrogen-bond donors (Lipinski definition) is 1. The molecule has 1 amide bonds. The normalized spacial score (nSPS) is 12.2. The molecule has 1 N–H and O–H groups in total. The van der Waals surface area contributed by atoms with Crippen molar-refractivity contribution in [3.8, 4) is 0 Å². The first kappa shape index (κ1) is 29.1. The highest BCUT2D eigenvalue weighted by Gasteiger charge is 2.26. The van der Waals surface area contributed by atoms with Gasteiger partial charge >= 0.3 is 11.9 Å². The lowest BCUT2D eigenvalue weighted by Crippen LogP contribution is -2.44. The van der Waals surface area contributed by atoms with E-state index in [0.717, 1.165) is 25.7 Å². The Morgan fingerprint density at radius 3 is 1.81 bits per heavy atom. The number of carbonyl (C=O) groups is 3. The number of nitrogens with one attached hydrogen (secondary N) is 1. The van der Waals surface area contributed by atoms with Gasteiger partial charge in [-0.1, -0.05) is 84.3 Å². The summed E-state index contributed by atoms with van der Waals surface area (Å²) in [4.78, 5) is 43.9. The summed E-state index contributed by atoms with van der Waals surface area (Å²) in [5, 5.41) is 2.49. The average molecular weight is 440 g/mol. The van der Waals surface area contributed by atoms with Crippen LogP contribution in [0.15, 0.2) is 12.2 Å². The molecular formula is C25H45NO5. The van der Waals surface area contributed by atoms with Crippen molar-refractivity contribution in [2.45, 2.75) is 124 Å². The van der Waals surface area contributed by atoms with E-state index in [-0.39, 0.29) is 18.2 Å². The number of carbonyl (C=O) groups excluding carboxylic acids is 3. The van der Waals surface area contributed by atoms with E-state index in [9.17, 15) is 14.4 Å². The number of allylic oxidation sites excluding steroid dienone is 2. The van der Waals surface area contributed by atoms with E-state index in [0.29, 0.717) is 6.42 Å². The molecule has 31 heavy (non-hydrogen) atoms. The van der Waals surface area contributed by atoms with Gasteiger partial charge in [0, 0.05) is 6.92 Å². The Balaban J connectivity index is 3.60. The van der Waals surface area contributed by atoms with Crippen LogP contribution in [-0.2, 0) is 24.2 Å². The fraction of sp³-hybridized carbons (Fsp3) is 0.800. The van der Waals surface area contributed by atoms with Crippen LogP contribution in [0.2, 0.25) is 0 Å². The lowest BCUT2D eigenvalue weighted by Gasteiger charge is -2.18. The van der Waals surface area contributed by atoms with Crippen LogP contribution in [0.5, 0.6) is 0 Å². The van der Waals surface area contributed by atoms with Gasteiger partial charge in [0.05, 0.1) is 6.42 Å². The summed E-state index contributed by atoms with van der Waals surface area (Å²) < 4.78 is 0. The van der Waals surface area contributed by atoms with Gasteiger partial charge in [0.2, 0.25) is 5.91 Å². The second kappa shape index (κ2) is 20.1. The zero-order valence-corrected chi connectivity index (χ0v) is 20.3. The van der Waals surface area contributed by atoms with E-state index in [2.05, 4.69) is 34.2 Å². The van der Waals surface area contributed by atoms with Crippen molar-refractivity contribution in [2.75, 3.05) is 0 Å². The second-order valence-corrected chi connectivity index (χ2v) is 8.61. The van der Waals surface area contributed by atoms with Crippen molar-refractivity contribution in [1.82, 2.24) is 5.32 Å². The lowest BCUT2D eigenvalue weighted by atomic mass is 10.1. The summed E-state index contributed by atoms with van der Waals surface area (Å²) in [6.07, 6.45) is 20.3. The van der Waals surface area contributed by atoms with E-state index >= 15 is 0 Å². The third kappa shape index (κ3) is 18.6. The molecule has 0 aliphatic heterocycles. The molecule has 0 fully saturated rings. The van der Waals surface area contributed by atoms with E-state index in [1.807, 2.05) is 0 Å². The Bertz CT molecular complexity index is 516. The summed E-state index contributed by atoms with van der Waals surface area (Å²) >= 11 is 0. The van der Waals surface area contributed by atoms with E-state index < -0.39 is 18.0 Å². The second-order valence-electron chi connectivity index (χ2n) is 8.61. The largest absolute Gasteiger partial charge is 0.377 e. The molecule has 0 aromatic carbocycles. The monoisotopic (exact) mass is 439 g/mol. The van der Waals surface area contributed by atoms with Gasteiger partial charge in [0.1, 0.15) is 6.04 Å². The highest BCUT2D eigenvalue weighted by Crippen LogP contribution is 2.11. The first-order valence-corrected chi connectivity index (χ1v) is 12.2. The molecule has 0 saturated heterocycles. The third-order valence-corrected chi connectivity index (χ3v) is 5.14. The number of rotatable bonds is 18. The van der Waals surface area contributed by atoms with Gasteiger partial charge in [-0.15, -0.1) is 0 Å². The molecule has 1 atom stereocenters. The Labute approximate surface area is 189 Å². The quantitative estimate of drug-likeness (QED) is 0.119. The van der Waals surface area contributed by atoms with Crippen LogP contribution in [-0.4, -0.2) is 23.9 Å². The Morgan fingerprint density at radius 2 is 1.29 bits per heavy atom. The smallest absolute Gasteiger partial charge is 0.343 e. The third-order valence-electron chi connectivity index (χ3n) is 5.14. The summed E-state index contributed by atoms with van der Waals surface area (Å²) in [6, 6.07) is -0.829. The lowest BCUT2D eigenvalue weighted by molar-refractivity contribution is -0.261. The van der Waals surface area contributed by atoms with Gasteiger partial charge in [0.25, 0.3) is 0 Å².